The van der Waals surface area contributed by atoms with Crippen LogP contribution in [0.4, 0.5) is 11.4 Å². The van der Waals surface area contributed by atoms with Gasteiger partial charge in [-0.05, 0) is 38.0 Å². The average molecular weight is 567 g/mol. The summed E-state index contributed by atoms with van der Waals surface area (Å²) < 4.78 is 28.4. The van der Waals surface area contributed by atoms with E-state index in [0.717, 1.165) is 78.5 Å². The van der Waals surface area contributed by atoms with E-state index >= 15 is 0 Å². The van der Waals surface area contributed by atoms with Crippen LogP contribution >= 0.6 is 0 Å². The zero-order valence-corrected chi connectivity index (χ0v) is 24.3. The number of rotatable bonds is 9. The fourth-order valence-corrected chi connectivity index (χ4v) is 5.36. The van der Waals surface area contributed by atoms with E-state index in [2.05, 4.69) is 36.9 Å². The van der Waals surface area contributed by atoms with Crippen molar-refractivity contribution in [3.63, 3.8) is 0 Å². The predicted molar refractivity (Wildman–Crippen MR) is 161 cm³/mol. The van der Waals surface area contributed by atoms with Crippen molar-refractivity contribution in [3.8, 4) is 0 Å². The molecule has 3 N–H and O–H groups in total. The maximum absolute atomic E-state index is 11.2. The number of sulfonamides is 1. The van der Waals surface area contributed by atoms with Gasteiger partial charge in [0.15, 0.2) is 6.29 Å². The molecule has 4 heterocycles. The number of benzene rings is 1. The fraction of sp³-hybridized carbons (Fsp3) is 0.393. The lowest BCUT2D eigenvalue weighted by Crippen LogP contribution is -2.42. The summed E-state index contributed by atoms with van der Waals surface area (Å²) in [6, 6.07) is 6.37. The highest BCUT2D eigenvalue weighted by Crippen LogP contribution is 2.30. The van der Waals surface area contributed by atoms with Crippen LogP contribution in [0, 0.1) is 6.92 Å². The molecule has 0 spiro atoms. The minimum Gasteiger partial charge on any atom is -0.387 e. The first-order valence-electron chi connectivity index (χ1n) is 13.2. The second-order valence-electron chi connectivity index (χ2n) is 10.0. The summed E-state index contributed by atoms with van der Waals surface area (Å²) in [7, 11) is 0.500. The van der Waals surface area contributed by atoms with Crippen molar-refractivity contribution < 1.29 is 13.2 Å². The van der Waals surface area contributed by atoms with Gasteiger partial charge in [0, 0.05) is 87.1 Å². The summed E-state index contributed by atoms with van der Waals surface area (Å²) in [6.45, 7) is 8.78. The number of hydrogen-bond donors (Lipinski definition) is 3. The van der Waals surface area contributed by atoms with Gasteiger partial charge in [0.25, 0.3) is 0 Å². The van der Waals surface area contributed by atoms with Gasteiger partial charge in [0.1, 0.15) is 11.2 Å². The van der Waals surface area contributed by atoms with E-state index in [1.54, 1.807) is 4.68 Å². The van der Waals surface area contributed by atoms with Crippen molar-refractivity contribution in [2.75, 3.05) is 43.2 Å². The molecule has 4 aromatic rings. The number of carbonyl (C=O) groups is 1. The summed E-state index contributed by atoms with van der Waals surface area (Å²) in [5.74, 6) is 0. The predicted octanol–water partition coefficient (Wildman–Crippen LogP) is 2.86. The first kappa shape index (κ1) is 29.2. The molecular formula is C28H38N8O3S. The van der Waals surface area contributed by atoms with Gasteiger partial charge in [-0.2, -0.15) is 5.10 Å². The van der Waals surface area contributed by atoms with Crippen LogP contribution in [-0.2, 0) is 23.6 Å². The Balaban J connectivity index is 0.000000189. The smallest absolute Gasteiger partial charge is 0.209 e. The number of fused-ring (bicyclic) bond motifs is 2. The minimum absolute atomic E-state index is 0.230. The van der Waals surface area contributed by atoms with Crippen molar-refractivity contribution in [2.24, 2.45) is 7.05 Å². The minimum atomic E-state index is -3.21. The van der Waals surface area contributed by atoms with Crippen molar-refractivity contribution in [1.82, 2.24) is 29.2 Å². The molecule has 1 aromatic carbocycles. The summed E-state index contributed by atoms with van der Waals surface area (Å²) in [4.78, 5) is 18.0. The monoisotopic (exact) mass is 566 g/mol. The molecule has 1 saturated heterocycles. The maximum Gasteiger partial charge on any atom is 0.209 e. The van der Waals surface area contributed by atoms with E-state index in [1.807, 2.05) is 68.3 Å². The highest BCUT2D eigenvalue weighted by molar-refractivity contribution is 7.88. The van der Waals surface area contributed by atoms with E-state index in [1.165, 1.54) is 5.69 Å². The molecule has 1 aliphatic heterocycles. The van der Waals surface area contributed by atoms with Gasteiger partial charge in [0.2, 0.25) is 10.0 Å². The zero-order chi connectivity index (χ0) is 28.9. The van der Waals surface area contributed by atoms with Crippen molar-refractivity contribution >= 4 is 44.2 Å². The highest BCUT2D eigenvalue weighted by Gasteiger charge is 2.21. The van der Waals surface area contributed by atoms with Crippen LogP contribution in [0.25, 0.3) is 16.6 Å². The van der Waals surface area contributed by atoms with Crippen LogP contribution in [0.15, 0.2) is 49.4 Å². The molecule has 3 aromatic heterocycles. The lowest BCUT2D eigenvalue weighted by atomic mass is 10.0. The molecule has 0 atom stereocenters. The second kappa shape index (κ2) is 12.6. The Kier molecular flexibility index (Phi) is 9.23. The third kappa shape index (κ3) is 7.06. The first-order valence-corrected chi connectivity index (χ1v) is 15.1. The number of anilines is 2. The third-order valence-corrected chi connectivity index (χ3v) is 7.54. The Morgan fingerprint density at radius 3 is 2.58 bits per heavy atom. The number of nitrogens with one attached hydrogen (secondary N) is 3. The number of nitrogens with zero attached hydrogens (tertiary/aromatic N) is 5. The number of carbonyl (C=O) groups excluding carboxylic acids is 1. The molecule has 0 radical (unpaired) electrons. The molecule has 0 unspecified atom stereocenters. The van der Waals surface area contributed by atoms with Gasteiger partial charge in [0.05, 0.1) is 17.6 Å². The SMILES string of the molecule is C=CCNC1CCN(c2ccc(C=O)c3nn(C)cc23)CC1.CNc1cc(CNS(C)(=O)=O)c2nc(C)cn2c1. The van der Waals surface area contributed by atoms with Crippen LogP contribution in [0.5, 0.6) is 0 Å². The number of imidazole rings is 1. The molecule has 1 aliphatic rings. The number of aromatic nitrogens is 4. The third-order valence-electron chi connectivity index (χ3n) is 6.87. The Bertz CT molecular complexity index is 1600. The molecule has 0 saturated carbocycles. The largest absolute Gasteiger partial charge is 0.387 e. The highest BCUT2D eigenvalue weighted by atomic mass is 32.2. The molecule has 214 valence electrons. The van der Waals surface area contributed by atoms with E-state index in [4.69, 9.17) is 0 Å². The quantitative estimate of drug-likeness (QED) is 0.209. The topological polar surface area (TPSA) is 126 Å². The number of hydrogen-bond acceptors (Lipinski definition) is 8. The van der Waals surface area contributed by atoms with Crippen LogP contribution in [0.1, 0.15) is 34.5 Å². The Labute approximate surface area is 235 Å². The van der Waals surface area contributed by atoms with Crippen molar-refractivity contribution in [2.45, 2.75) is 32.4 Å². The van der Waals surface area contributed by atoms with E-state index < -0.39 is 10.0 Å². The Hall–Kier alpha value is -3.74. The summed E-state index contributed by atoms with van der Waals surface area (Å²) in [5, 5.41) is 12.0. The second-order valence-corrected chi connectivity index (χ2v) is 11.9. The van der Waals surface area contributed by atoms with Gasteiger partial charge in [-0.3, -0.25) is 9.48 Å². The Morgan fingerprint density at radius 1 is 1.18 bits per heavy atom. The molecule has 5 rings (SSSR count). The Morgan fingerprint density at radius 2 is 1.93 bits per heavy atom. The van der Waals surface area contributed by atoms with Crippen molar-refractivity contribution in [1.29, 1.82) is 0 Å². The van der Waals surface area contributed by atoms with Gasteiger partial charge >= 0.3 is 0 Å². The zero-order valence-electron chi connectivity index (χ0n) is 23.5. The van der Waals surface area contributed by atoms with Crippen LogP contribution < -0.4 is 20.3 Å². The first-order chi connectivity index (χ1) is 19.1. The normalized spacial score (nSPS) is 14.2. The van der Waals surface area contributed by atoms with Gasteiger partial charge < -0.3 is 19.9 Å². The molecule has 0 aliphatic carbocycles. The molecule has 0 bridgehead atoms. The van der Waals surface area contributed by atoms with E-state index in [9.17, 15) is 13.2 Å². The fourth-order valence-electron chi connectivity index (χ4n) is 4.94. The summed E-state index contributed by atoms with van der Waals surface area (Å²) >= 11 is 0. The van der Waals surface area contributed by atoms with Crippen LogP contribution in [-0.4, -0.2) is 72.8 Å². The molecule has 12 heteroatoms. The van der Waals surface area contributed by atoms with Gasteiger partial charge in [-0.25, -0.2) is 18.1 Å². The van der Waals surface area contributed by atoms with E-state index in [-0.39, 0.29) is 6.54 Å². The average Bonchev–Trinajstić information content (AvgIpc) is 3.51. The standard InChI is InChI=1S/C17H22N4O.C11H16N4O2S/c1-3-8-18-14-6-9-21(10-7-14)16-5-4-13(12-22)17-15(16)11-20(2)19-17;1-8-6-15-7-10(12-2)4-9(11(15)14-8)5-13-18(3,16)17/h3-5,11-12,14,18H,1,6-10H2,2H3;4,6-7,12-13H,5H2,1-3H3. The van der Waals surface area contributed by atoms with Gasteiger partial charge in [-0.15, -0.1) is 6.58 Å². The number of piperidine rings is 1. The van der Waals surface area contributed by atoms with Crippen LogP contribution in [0.3, 0.4) is 0 Å². The maximum atomic E-state index is 11.2. The number of aldehydes is 1. The summed E-state index contributed by atoms with van der Waals surface area (Å²) in [5.41, 5.74) is 6.02. The molecule has 1 fully saturated rings. The van der Waals surface area contributed by atoms with Crippen LogP contribution in [0.2, 0.25) is 0 Å². The molecule has 0 amide bonds. The summed E-state index contributed by atoms with van der Waals surface area (Å²) in [6.07, 6.45) is 12.0. The molecule has 11 nitrogen and oxygen atoms in total. The lowest BCUT2D eigenvalue weighted by Gasteiger charge is -2.34. The number of pyridine rings is 1. The molecular weight excluding hydrogens is 528 g/mol. The van der Waals surface area contributed by atoms with E-state index in [0.29, 0.717) is 11.6 Å². The van der Waals surface area contributed by atoms with Gasteiger partial charge in [-0.1, -0.05) is 6.08 Å². The number of aryl methyl sites for hydroxylation is 2. The van der Waals surface area contributed by atoms with Crippen molar-refractivity contribution in [3.05, 3.63) is 66.3 Å². The molecule has 40 heavy (non-hydrogen) atoms. The lowest BCUT2D eigenvalue weighted by molar-refractivity contribution is 0.112.